The summed E-state index contributed by atoms with van der Waals surface area (Å²) in [7, 11) is 0. The number of carbonyl (C=O) groups excluding carboxylic acids is 1. The van der Waals surface area contributed by atoms with Gasteiger partial charge in [0.25, 0.3) is 5.56 Å². The second-order valence-electron chi connectivity index (χ2n) is 6.85. The monoisotopic (exact) mass is 391 g/mol. The van der Waals surface area contributed by atoms with Gasteiger partial charge in [0.05, 0.1) is 12.1 Å². The predicted molar refractivity (Wildman–Crippen MR) is 107 cm³/mol. The average molecular weight is 391 g/mol. The molecule has 7 nitrogen and oxygen atoms in total. The van der Waals surface area contributed by atoms with Crippen LogP contribution in [0.5, 0.6) is 0 Å². The largest absolute Gasteiger partial charge is 0.325 e. The number of halogens is 1. The van der Waals surface area contributed by atoms with Gasteiger partial charge in [-0.3, -0.25) is 9.59 Å². The molecule has 8 heteroatoms. The molecule has 0 aliphatic rings. The van der Waals surface area contributed by atoms with Crippen molar-refractivity contribution in [2.75, 3.05) is 5.32 Å². The highest BCUT2D eigenvalue weighted by Gasteiger charge is 2.15. The molecule has 0 aliphatic heterocycles. The number of benzene rings is 2. The maximum atomic E-state index is 13.2. The highest BCUT2D eigenvalue weighted by Crippen LogP contribution is 2.20. The van der Waals surface area contributed by atoms with Crippen LogP contribution in [-0.2, 0) is 11.2 Å². The lowest BCUT2D eigenvalue weighted by Crippen LogP contribution is -2.22. The number of aromatic nitrogens is 4. The normalized spacial score (nSPS) is 11.0. The number of hydrogen-bond acceptors (Lipinski definition) is 4. The smallest absolute Gasteiger partial charge is 0.290 e. The minimum absolute atomic E-state index is 0.0782. The van der Waals surface area contributed by atoms with Crippen LogP contribution in [0.25, 0.3) is 16.8 Å². The second kappa shape index (κ2) is 7.31. The first-order valence-electron chi connectivity index (χ1n) is 9.01. The van der Waals surface area contributed by atoms with E-state index in [-0.39, 0.29) is 29.5 Å². The molecule has 2 heterocycles. The molecule has 4 aromatic rings. The van der Waals surface area contributed by atoms with Crippen molar-refractivity contribution in [1.29, 1.82) is 0 Å². The van der Waals surface area contributed by atoms with Gasteiger partial charge in [0.1, 0.15) is 11.3 Å². The zero-order valence-corrected chi connectivity index (χ0v) is 15.9. The van der Waals surface area contributed by atoms with Gasteiger partial charge in [-0.2, -0.15) is 10.2 Å². The first-order valence-corrected chi connectivity index (χ1v) is 9.01. The third-order valence-electron chi connectivity index (χ3n) is 4.60. The van der Waals surface area contributed by atoms with Gasteiger partial charge in [-0.05, 0) is 61.4 Å². The summed E-state index contributed by atoms with van der Waals surface area (Å²) in [5.74, 6) is -0.352. The Bertz CT molecular complexity index is 1270. The Hall–Kier alpha value is -3.81. The van der Waals surface area contributed by atoms with Crippen LogP contribution in [0.1, 0.15) is 17.0 Å². The summed E-state index contributed by atoms with van der Waals surface area (Å²) < 4.78 is 14.5. The van der Waals surface area contributed by atoms with Gasteiger partial charge in [0, 0.05) is 11.3 Å². The van der Waals surface area contributed by atoms with Gasteiger partial charge in [0.2, 0.25) is 5.91 Å². The van der Waals surface area contributed by atoms with E-state index in [9.17, 15) is 14.0 Å². The zero-order chi connectivity index (χ0) is 20.5. The SMILES string of the molecule is Cc1ccc(C)c(NC(=O)Cc2n[nH]c(=O)c3cc(-c4ccc(F)cc4)nn23)c1. The maximum Gasteiger partial charge on any atom is 0.290 e. The zero-order valence-electron chi connectivity index (χ0n) is 15.9. The Morgan fingerprint density at radius 3 is 2.66 bits per heavy atom. The number of aromatic amines is 1. The lowest BCUT2D eigenvalue weighted by molar-refractivity contribution is -0.115. The van der Waals surface area contributed by atoms with Gasteiger partial charge in [-0.25, -0.2) is 14.0 Å². The van der Waals surface area contributed by atoms with Crippen LogP contribution in [0.3, 0.4) is 0 Å². The number of H-pyrrole nitrogens is 1. The van der Waals surface area contributed by atoms with Gasteiger partial charge in [0.15, 0.2) is 5.82 Å². The van der Waals surface area contributed by atoms with Crippen LogP contribution in [0.4, 0.5) is 10.1 Å². The van der Waals surface area contributed by atoms with Crippen molar-refractivity contribution in [2.24, 2.45) is 0 Å². The van der Waals surface area contributed by atoms with E-state index < -0.39 is 5.56 Å². The van der Waals surface area contributed by atoms with Crippen molar-refractivity contribution in [3.63, 3.8) is 0 Å². The van der Waals surface area contributed by atoms with Crippen LogP contribution < -0.4 is 10.9 Å². The molecule has 2 aromatic heterocycles. The molecular formula is C21H18FN5O2. The van der Waals surface area contributed by atoms with Gasteiger partial charge in [-0.1, -0.05) is 12.1 Å². The van der Waals surface area contributed by atoms with Gasteiger partial charge >= 0.3 is 0 Å². The Morgan fingerprint density at radius 1 is 1.14 bits per heavy atom. The maximum absolute atomic E-state index is 13.2. The summed E-state index contributed by atoms with van der Waals surface area (Å²) in [6.07, 6.45) is -0.0782. The van der Waals surface area contributed by atoms with Crippen molar-refractivity contribution in [3.8, 4) is 11.3 Å². The Balaban J connectivity index is 1.66. The molecule has 0 saturated carbocycles. The van der Waals surface area contributed by atoms with Crippen molar-refractivity contribution in [2.45, 2.75) is 20.3 Å². The summed E-state index contributed by atoms with van der Waals surface area (Å²) in [6.45, 7) is 3.86. The third-order valence-corrected chi connectivity index (χ3v) is 4.60. The fraction of sp³-hybridized carbons (Fsp3) is 0.143. The molecular weight excluding hydrogens is 373 g/mol. The second-order valence-corrected chi connectivity index (χ2v) is 6.85. The molecule has 0 fully saturated rings. The van der Waals surface area contributed by atoms with Crippen molar-refractivity contribution in [3.05, 3.63) is 81.7 Å². The molecule has 1 amide bonds. The minimum atomic E-state index is -0.426. The Labute approximate surface area is 165 Å². The Kier molecular flexibility index (Phi) is 4.67. The fourth-order valence-electron chi connectivity index (χ4n) is 3.04. The third kappa shape index (κ3) is 3.77. The molecule has 2 aromatic carbocycles. The number of amides is 1. The number of carbonyl (C=O) groups is 1. The van der Waals surface area contributed by atoms with Crippen LogP contribution >= 0.6 is 0 Å². The summed E-state index contributed by atoms with van der Waals surface area (Å²) in [5.41, 5.74) is 3.68. The molecule has 0 saturated heterocycles. The average Bonchev–Trinajstić information content (AvgIpc) is 3.14. The quantitative estimate of drug-likeness (QED) is 0.559. The Morgan fingerprint density at radius 2 is 1.90 bits per heavy atom. The van der Waals surface area contributed by atoms with E-state index in [2.05, 4.69) is 20.6 Å². The molecule has 146 valence electrons. The van der Waals surface area contributed by atoms with E-state index in [1.807, 2.05) is 32.0 Å². The molecule has 4 rings (SSSR count). The minimum Gasteiger partial charge on any atom is -0.325 e. The van der Waals surface area contributed by atoms with Crippen molar-refractivity contribution < 1.29 is 9.18 Å². The molecule has 0 spiro atoms. The van der Waals surface area contributed by atoms with Crippen LogP contribution in [-0.4, -0.2) is 25.7 Å². The highest BCUT2D eigenvalue weighted by molar-refractivity contribution is 5.92. The van der Waals surface area contributed by atoms with E-state index in [0.717, 1.165) is 16.8 Å². The van der Waals surface area contributed by atoms with Crippen molar-refractivity contribution in [1.82, 2.24) is 19.8 Å². The van der Waals surface area contributed by atoms with E-state index >= 15 is 0 Å². The number of rotatable bonds is 4. The standard InChI is InChI=1S/C21H18FN5O2/c1-12-3-4-13(2)16(9-12)23-20(28)11-19-24-25-21(29)18-10-17(26-27(18)19)14-5-7-15(22)8-6-14/h3-10H,11H2,1-2H3,(H,23,28)(H,25,29). The number of fused-ring (bicyclic) bond motifs is 1. The van der Waals surface area contributed by atoms with Gasteiger partial charge < -0.3 is 5.32 Å². The lowest BCUT2D eigenvalue weighted by Gasteiger charge is -2.09. The van der Waals surface area contributed by atoms with Crippen LogP contribution in [0.15, 0.2) is 53.3 Å². The summed E-state index contributed by atoms with van der Waals surface area (Å²) in [4.78, 5) is 24.7. The summed E-state index contributed by atoms with van der Waals surface area (Å²) in [6, 6.07) is 13.2. The lowest BCUT2D eigenvalue weighted by atomic mass is 10.1. The van der Waals surface area contributed by atoms with E-state index in [4.69, 9.17) is 0 Å². The van der Waals surface area contributed by atoms with Gasteiger partial charge in [-0.15, -0.1) is 0 Å². The number of nitrogens with one attached hydrogen (secondary N) is 2. The molecule has 0 aliphatic carbocycles. The number of hydrogen-bond donors (Lipinski definition) is 2. The first kappa shape index (κ1) is 18.5. The van der Waals surface area contributed by atoms with E-state index in [1.165, 1.54) is 16.6 Å². The van der Waals surface area contributed by atoms with E-state index in [1.54, 1.807) is 18.2 Å². The predicted octanol–water partition coefficient (Wildman–Crippen LogP) is 3.02. The van der Waals surface area contributed by atoms with Crippen LogP contribution in [0, 0.1) is 19.7 Å². The molecule has 29 heavy (non-hydrogen) atoms. The molecule has 2 N–H and O–H groups in total. The molecule has 0 bridgehead atoms. The molecule has 0 radical (unpaired) electrons. The summed E-state index contributed by atoms with van der Waals surface area (Å²) >= 11 is 0. The topological polar surface area (TPSA) is 92.1 Å². The number of aryl methyl sites for hydroxylation is 2. The molecule has 0 unspecified atom stereocenters. The van der Waals surface area contributed by atoms with Crippen molar-refractivity contribution >= 4 is 17.1 Å². The van der Waals surface area contributed by atoms with E-state index in [0.29, 0.717) is 11.3 Å². The molecule has 0 atom stereocenters. The van der Waals surface area contributed by atoms with Crippen LogP contribution in [0.2, 0.25) is 0 Å². The first-order chi connectivity index (χ1) is 13.9. The summed E-state index contributed by atoms with van der Waals surface area (Å²) in [5, 5.41) is 13.7. The highest BCUT2D eigenvalue weighted by atomic mass is 19.1. The number of anilines is 1. The fourth-order valence-corrected chi connectivity index (χ4v) is 3.04. The number of nitrogens with zero attached hydrogens (tertiary/aromatic N) is 3.